The van der Waals surface area contributed by atoms with Crippen molar-refractivity contribution < 1.29 is 19.4 Å². The van der Waals surface area contributed by atoms with Gasteiger partial charge in [-0.25, -0.2) is 4.79 Å². The second kappa shape index (κ2) is 6.10. The molecule has 19 heavy (non-hydrogen) atoms. The van der Waals surface area contributed by atoms with Crippen molar-refractivity contribution in [2.45, 2.75) is 31.8 Å². The van der Waals surface area contributed by atoms with Gasteiger partial charge in [-0.2, -0.15) is 5.26 Å². The lowest BCUT2D eigenvalue weighted by atomic mass is 10.1. The van der Waals surface area contributed by atoms with Gasteiger partial charge in [0, 0.05) is 18.9 Å². The van der Waals surface area contributed by atoms with E-state index in [1.807, 2.05) is 12.1 Å². The topological polar surface area (TPSA) is 79.5 Å². The first kappa shape index (κ1) is 13.2. The van der Waals surface area contributed by atoms with Crippen molar-refractivity contribution in [2.75, 3.05) is 6.61 Å². The fourth-order valence-corrected chi connectivity index (χ4v) is 1.93. The summed E-state index contributed by atoms with van der Waals surface area (Å²) < 4.78 is 10.9. The van der Waals surface area contributed by atoms with Gasteiger partial charge < -0.3 is 14.6 Å². The van der Waals surface area contributed by atoms with Gasteiger partial charge >= 0.3 is 5.97 Å². The Bertz CT molecular complexity index is 507. The van der Waals surface area contributed by atoms with Crippen molar-refractivity contribution in [2.24, 2.45) is 0 Å². The maximum absolute atomic E-state index is 10.8. The number of unbranched alkanes of at least 4 members (excludes halogenated alkanes) is 2. The zero-order chi connectivity index (χ0) is 13.7. The Morgan fingerprint density at radius 3 is 3.11 bits per heavy atom. The van der Waals surface area contributed by atoms with Gasteiger partial charge in [0.25, 0.3) is 0 Å². The Hall–Kier alpha value is -2.22. The highest BCUT2D eigenvalue weighted by Crippen LogP contribution is 2.32. The quantitative estimate of drug-likeness (QED) is 0.794. The number of carbonyl (C=O) groups is 1. The van der Waals surface area contributed by atoms with Crippen molar-refractivity contribution in [3.63, 3.8) is 0 Å². The van der Waals surface area contributed by atoms with E-state index in [0.717, 1.165) is 18.4 Å². The molecule has 0 bridgehead atoms. The summed E-state index contributed by atoms with van der Waals surface area (Å²) >= 11 is 0. The second-order valence-corrected chi connectivity index (χ2v) is 4.38. The minimum Gasteiger partial charge on any atom is -0.493 e. The highest BCUT2D eigenvalue weighted by Gasteiger charge is 2.28. The van der Waals surface area contributed by atoms with E-state index in [1.54, 1.807) is 6.07 Å². The number of carboxylic acids is 1. The maximum atomic E-state index is 10.8. The monoisotopic (exact) mass is 261 g/mol. The number of aliphatic carboxylic acids is 1. The van der Waals surface area contributed by atoms with Crippen LogP contribution in [0.1, 0.15) is 24.8 Å². The van der Waals surface area contributed by atoms with E-state index in [0.29, 0.717) is 30.9 Å². The second-order valence-electron chi connectivity index (χ2n) is 4.38. The van der Waals surface area contributed by atoms with Crippen LogP contribution >= 0.6 is 0 Å². The molecule has 1 aliphatic rings. The van der Waals surface area contributed by atoms with Gasteiger partial charge in [0.2, 0.25) is 0 Å². The van der Waals surface area contributed by atoms with Gasteiger partial charge in [-0.1, -0.05) is 6.07 Å². The average Bonchev–Trinajstić information content (AvgIpc) is 2.82. The van der Waals surface area contributed by atoms with Crippen LogP contribution in [0.25, 0.3) is 0 Å². The van der Waals surface area contributed by atoms with Crippen LogP contribution in [0.2, 0.25) is 0 Å². The average molecular weight is 261 g/mol. The molecule has 1 aromatic rings. The number of carboxylic acid groups (broad SMARTS) is 1. The molecule has 0 aromatic heterocycles. The lowest BCUT2D eigenvalue weighted by molar-refractivity contribution is -0.144. The molecule has 0 saturated heterocycles. The third kappa shape index (κ3) is 3.38. The molecule has 0 amide bonds. The standard InChI is InChI=1S/C14H15NO4/c15-6-2-1-3-7-18-11-5-4-10-8-13(14(16)17)19-12(10)9-11/h4-5,9,13H,1-3,7-8H2,(H,16,17). The number of rotatable bonds is 6. The molecule has 100 valence electrons. The Morgan fingerprint density at radius 1 is 1.53 bits per heavy atom. The fraction of sp³-hybridized carbons (Fsp3) is 0.429. The lowest BCUT2D eigenvalue weighted by Gasteiger charge is -2.07. The Balaban J connectivity index is 1.87. The molecule has 0 saturated carbocycles. The molecule has 0 spiro atoms. The molecular formula is C14H15NO4. The first-order chi connectivity index (χ1) is 9.20. The molecule has 1 heterocycles. The summed E-state index contributed by atoms with van der Waals surface area (Å²) in [4.78, 5) is 10.8. The Labute approximate surface area is 111 Å². The van der Waals surface area contributed by atoms with E-state index < -0.39 is 12.1 Å². The maximum Gasteiger partial charge on any atom is 0.345 e. The molecule has 0 radical (unpaired) electrons. The summed E-state index contributed by atoms with van der Waals surface area (Å²) in [5.74, 6) is 0.304. The molecule has 5 nitrogen and oxygen atoms in total. The normalized spacial score (nSPS) is 16.3. The van der Waals surface area contributed by atoms with Crippen LogP contribution in [0.15, 0.2) is 18.2 Å². The van der Waals surface area contributed by atoms with Crippen molar-refractivity contribution >= 4 is 5.97 Å². The summed E-state index contributed by atoms with van der Waals surface area (Å²) in [5.41, 5.74) is 0.893. The van der Waals surface area contributed by atoms with Crippen molar-refractivity contribution in [3.05, 3.63) is 23.8 Å². The predicted molar refractivity (Wildman–Crippen MR) is 67.2 cm³/mol. The molecule has 2 rings (SSSR count). The van der Waals surface area contributed by atoms with E-state index in [-0.39, 0.29) is 0 Å². The van der Waals surface area contributed by atoms with Crippen LogP contribution in [0, 0.1) is 11.3 Å². The van der Waals surface area contributed by atoms with Crippen LogP contribution in [0.4, 0.5) is 0 Å². The van der Waals surface area contributed by atoms with Crippen molar-refractivity contribution in [3.8, 4) is 17.6 Å². The smallest absolute Gasteiger partial charge is 0.345 e. The van der Waals surface area contributed by atoms with Crippen molar-refractivity contribution in [1.29, 1.82) is 5.26 Å². The third-order valence-corrected chi connectivity index (χ3v) is 2.94. The van der Waals surface area contributed by atoms with Crippen LogP contribution < -0.4 is 9.47 Å². The van der Waals surface area contributed by atoms with Crippen LogP contribution in [0.3, 0.4) is 0 Å². The molecule has 1 unspecified atom stereocenters. The van der Waals surface area contributed by atoms with Crippen LogP contribution in [-0.2, 0) is 11.2 Å². The summed E-state index contributed by atoms with van der Waals surface area (Å²) in [6.45, 7) is 0.544. The molecule has 1 N–H and O–H groups in total. The molecule has 5 heteroatoms. The highest BCUT2D eigenvalue weighted by molar-refractivity contribution is 5.74. The number of hydrogen-bond acceptors (Lipinski definition) is 4. The van der Waals surface area contributed by atoms with E-state index in [1.165, 1.54) is 0 Å². The largest absolute Gasteiger partial charge is 0.493 e. The van der Waals surface area contributed by atoms with E-state index in [9.17, 15) is 4.79 Å². The highest BCUT2D eigenvalue weighted by atomic mass is 16.5. The van der Waals surface area contributed by atoms with E-state index in [2.05, 4.69) is 6.07 Å². The zero-order valence-electron chi connectivity index (χ0n) is 10.5. The van der Waals surface area contributed by atoms with E-state index in [4.69, 9.17) is 19.8 Å². The van der Waals surface area contributed by atoms with Gasteiger partial charge in [-0.3, -0.25) is 0 Å². The summed E-state index contributed by atoms with van der Waals surface area (Å²) in [6, 6.07) is 7.46. The molecule has 0 fully saturated rings. The third-order valence-electron chi connectivity index (χ3n) is 2.94. The summed E-state index contributed by atoms with van der Waals surface area (Å²) in [5, 5.41) is 17.3. The molecule has 0 aliphatic carbocycles. The summed E-state index contributed by atoms with van der Waals surface area (Å²) in [6.07, 6.45) is 1.78. The molecular weight excluding hydrogens is 246 g/mol. The van der Waals surface area contributed by atoms with Gasteiger partial charge in [0.1, 0.15) is 11.5 Å². The Morgan fingerprint density at radius 2 is 2.37 bits per heavy atom. The summed E-state index contributed by atoms with van der Waals surface area (Å²) in [7, 11) is 0. The first-order valence-electron chi connectivity index (χ1n) is 6.23. The molecule has 1 aliphatic heterocycles. The van der Waals surface area contributed by atoms with Crippen molar-refractivity contribution in [1.82, 2.24) is 0 Å². The van der Waals surface area contributed by atoms with Crippen LogP contribution in [-0.4, -0.2) is 23.8 Å². The number of ether oxygens (including phenoxy) is 2. The minimum atomic E-state index is -0.949. The molecule has 1 atom stereocenters. The lowest BCUT2D eigenvalue weighted by Crippen LogP contribution is -2.24. The number of nitriles is 1. The number of fused-ring (bicyclic) bond motifs is 1. The van der Waals surface area contributed by atoms with Crippen LogP contribution in [0.5, 0.6) is 11.5 Å². The predicted octanol–water partition coefficient (Wildman–Crippen LogP) is 2.15. The number of nitrogens with zero attached hydrogens (tertiary/aromatic N) is 1. The van der Waals surface area contributed by atoms with Gasteiger partial charge in [-0.05, 0) is 24.5 Å². The molecule has 1 aromatic carbocycles. The van der Waals surface area contributed by atoms with Gasteiger partial charge in [0.05, 0.1) is 12.7 Å². The number of hydrogen-bond donors (Lipinski definition) is 1. The fourth-order valence-electron chi connectivity index (χ4n) is 1.93. The number of benzene rings is 1. The Kier molecular flexibility index (Phi) is 4.24. The van der Waals surface area contributed by atoms with E-state index >= 15 is 0 Å². The zero-order valence-corrected chi connectivity index (χ0v) is 10.5. The van der Waals surface area contributed by atoms with Gasteiger partial charge in [0.15, 0.2) is 6.10 Å². The first-order valence-corrected chi connectivity index (χ1v) is 6.23. The SMILES string of the molecule is N#CCCCCOc1ccc2c(c1)OC(C(=O)O)C2. The van der Waals surface area contributed by atoms with Gasteiger partial charge in [-0.15, -0.1) is 0 Å². The minimum absolute atomic E-state index is 0.396.